The first kappa shape index (κ1) is 29.1. The molecule has 3 rings (SSSR count). The van der Waals surface area contributed by atoms with E-state index in [4.69, 9.17) is 0 Å². The Morgan fingerprint density at radius 1 is 1.13 bits per heavy atom. The molecule has 1 heterocycles. The van der Waals surface area contributed by atoms with Crippen molar-refractivity contribution in [1.82, 2.24) is 15.1 Å². The van der Waals surface area contributed by atoms with Crippen molar-refractivity contribution in [2.45, 2.75) is 50.5 Å². The highest BCUT2D eigenvalue weighted by Crippen LogP contribution is 2.24. The number of hydrogen-bond donors (Lipinski definition) is 2. The molecule has 0 bridgehead atoms. The number of nitrogens with zero attached hydrogens (tertiary/aromatic N) is 2. The van der Waals surface area contributed by atoms with Gasteiger partial charge in [0.1, 0.15) is 12.1 Å². The lowest BCUT2D eigenvalue weighted by atomic mass is 9.99. The van der Waals surface area contributed by atoms with E-state index in [-0.39, 0.29) is 25.9 Å². The Morgan fingerprint density at radius 3 is 2.47 bits per heavy atom. The molecule has 2 N–H and O–H groups in total. The van der Waals surface area contributed by atoms with Crippen LogP contribution in [0.25, 0.3) is 11.1 Å². The first-order valence-electron chi connectivity index (χ1n) is 11.7. The number of nitriles is 1. The number of sulfonamides is 1. The van der Waals surface area contributed by atoms with Crippen LogP contribution in [0.5, 0.6) is 0 Å². The molecule has 13 heteroatoms. The van der Waals surface area contributed by atoms with E-state index in [9.17, 15) is 36.4 Å². The fraction of sp³-hybridized carbons (Fsp3) is 0.400. The van der Waals surface area contributed by atoms with Gasteiger partial charge in [-0.15, -0.1) is 5.06 Å². The first-order valence-corrected chi connectivity index (χ1v) is 13.6. The summed E-state index contributed by atoms with van der Waals surface area (Å²) >= 11 is 0. The fourth-order valence-electron chi connectivity index (χ4n) is 3.98. The lowest BCUT2D eigenvalue weighted by molar-refractivity contribution is -0.248. The molecule has 2 aromatic carbocycles. The molecule has 0 unspecified atom stereocenters. The maximum atomic E-state index is 12.8. The Kier molecular flexibility index (Phi) is 9.48. The van der Waals surface area contributed by atoms with Crippen LogP contribution in [-0.2, 0) is 37.4 Å². The fourth-order valence-corrected chi connectivity index (χ4v) is 4.40. The van der Waals surface area contributed by atoms with Crippen LogP contribution in [0.4, 0.5) is 13.2 Å². The minimum Gasteiger partial charge on any atom is -0.360 e. The summed E-state index contributed by atoms with van der Waals surface area (Å²) < 4.78 is 62.9. The predicted octanol–water partition coefficient (Wildman–Crippen LogP) is 2.83. The summed E-state index contributed by atoms with van der Waals surface area (Å²) in [5.74, 6) is -3.09. The molecule has 0 radical (unpaired) electrons. The van der Waals surface area contributed by atoms with Crippen molar-refractivity contribution >= 4 is 21.9 Å². The van der Waals surface area contributed by atoms with Gasteiger partial charge in [0.15, 0.2) is 0 Å². The molecule has 1 fully saturated rings. The number of alkyl halides is 3. The summed E-state index contributed by atoms with van der Waals surface area (Å²) in [6.07, 6.45) is -2.75. The van der Waals surface area contributed by atoms with Gasteiger partial charge >= 0.3 is 12.1 Å². The van der Waals surface area contributed by atoms with Gasteiger partial charge in [-0.1, -0.05) is 42.5 Å². The smallest absolute Gasteiger partial charge is 0.360 e. The molecule has 1 saturated heterocycles. The van der Waals surface area contributed by atoms with E-state index < -0.39 is 40.2 Å². The van der Waals surface area contributed by atoms with Crippen LogP contribution in [0.15, 0.2) is 48.5 Å². The average Bonchev–Trinajstić information content (AvgIpc) is 2.87. The zero-order valence-electron chi connectivity index (χ0n) is 20.5. The van der Waals surface area contributed by atoms with Gasteiger partial charge < -0.3 is 10.2 Å². The molecule has 0 spiro atoms. The minimum absolute atomic E-state index is 0.0237. The number of halogens is 3. The summed E-state index contributed by atoms with van der Waals surface area (Å²) in [5, 5.41) is 12.8. The number of carbonyl (C=O) groups is 2. The Labute approximate surface area is 218 Å². The second-order valence-electron chi connectivity index (χ2n) is 8.91. The summed E-state index contributed by atoms with van der Waals surface area (Å²) in [5.41, 5.74) is 3.23. The van der Waals surface area contributed by atoms with E-state index >= 15 is 0 Å². The molecule has 38 heavy (non-hydrogen) atoms. The third-order valence-electron chi connectivity index (χ3n) is 5.85. The van der Waals surface area contributed by atoms with E-state index in [1.165, 1.54) is 0 Å². The van der Waals surface area contributed by atoms with Crippen molar-refractivity contribution in [3.05, 3.63) is 59.7 Å². The number of carbonyl (C=O) groups excluding carboxylic acids is 2. The Morgan fingerprint density at radius 2 is 1.84 bits per heavy atom. The summed E-state index contributed by atoms with van der Waals surface area (Å²) in [4.78, 5) is 28.4. The highest BCUT2D eigenvalue weighted by atomic mass is 32.2. The number of piperidine rings is 1. The van der Waals surface area contributed by atoms with Crippen LogP contribution in [0, 0.1) is 11.3 Å². The Bertz CT molecular complexity index is 1290. The van der Waals surface area contributed by atoms with Crippen LogP contribution in [0.2, 0.25) is 0 Å². The number of nitrogens with one attached hydrogen (secondary N) is 2. The van der Waals surface area contributed by atoms with Gasteiger partial charge in [-0.25, -0.2) is 17.9 Å². The summed E-state index contributed by atoms with van der Waals surface area (Å²) in [7, 11) is -3.33. The van der Waals surface area contributed by atoms with Gasteiger partial charge in [-0.3, -0.25) is 4.79 Å². The predicted molar refractivity (Wildman–Crippen MR) is 131 cm³/mol. The number of hydroxylamine groups is 2. The molecule has 0 saturated carbocycles. The SMILES string of the molecule is CS(=O)(=O)NCc1cccc(-c2ccc(C[C@@H](C#N)NC(=O)[C@@H]3CCCCN3OC(=O)C(F)(F)F)cc2)c1. The van der Waals surface area contributed by atoms with Crippen LogP contribution in [0.1, 0.15) is 30.4 Å². The minimum atomic E-state index is -5.19. The molecule has 9 nitrogen and oxygen atoms in total. The normalized spacial score (nSPS) is 17.3. The highest BCUT2D eigenvalue weighted by Gasteiger charge is 2.44. The molecule has 1 aliphatic heterocycles. The van der Waals surface area contributed by atoms with Gasteiger partial charge in [-0.05, 0) is 47.6 Å². The van der Waals surface area contributed by atoms with E-state index in [0.29, 0.717) is 12.8 Å². The maximum Gasteiger partial charge on any atom is 0.492 e. The monoisotopic (exact) mass is 552 g/mol. The topological polar surface area (TPSA) is 129 Å². The molecule has 0 aliphatic carbocycles. The van der Waals surface area contributed by atoms with Crippen LogP contribution < -0.4 is 10.0 Å². The molecule has 0 aromatic heterocycles. The summed E-state index contributed by atoms with van der Waals surface area (Å²) in [6.45, 7) is 0.131. The quantitative estimate of drug-likeness (QED) is 0.490. The number of rotatable bonds is 9. The van der Waals surface area contributed by atoms with Crippen molar-refractivity contribution in [3.63, 3.8) is 0 Å². The molecule has 1 amide bonds. The average molecular weight is 553 g/mol. The van der Waals surface area contributed by atoms with Crippen molar-refractivity contribution in [1.29, 1.82) is 5.26 Å². The second kappa shape index (κ2) is 12.4. The number of amides is 1. The van der Waals surface area contributed by atoms with E-state index in [1.54, 1.807) is 18.2 Å². The zero-order chi connectivity index (χ0) is 27.9. The molecule has 204 valence electrons. The Hall–Kier alpha value is -3.47. The summed E-state index contributed by atoms with van der Waals surface area (Å²) in [6, 6.07) is 14.5. The van der Waals surface area contributed by atoms with Crippen LogP contribution >= 0.6 is 0 Å². The van der Waals surface area contributed by atoms with Gasteiger partial charge in [0.25, 0.3) is 0 Å². The van der Waals surface area contributed by atoms with Crippen molar-refractivity contribution in [2.75, 3.05) is 12.8 Å². The van der Waals surface area contributed by atoms with Gasteiger partial charge in [0, 0.05) is 19.5 Å². The zero-order valence-corrected chi connectivity index (χ0v) is 21.3. The molecule has 2 atom stereocenters. The number of benzene rings is 2. The molecule has 2 aromatic rings. The highest BCUT2D eigenvalue weighted by molar-refractivity contribution is 7.88. The van der Waals surface area contributed by atoms with E-state index in [1.807, 2.05) is 36.4 Å². The third kappa shape index (κ3) is 8.54. The Balaban J connectivity index is 1.62. The van der Waals surface area contributed by atoms with Crippen molar-refractivity contribution in [2.24, 2.45) is 0 Å². The van der Waals surface area contributed by atoms with Crippen LogP contribution in [0.3, 0.4) is 0 Å². The lowest BCUT2D eigenvalue weighted by Gasteiger charge is -2.33. The second-order valence-corrected chi connectivity index (χ2v) is 10.7. The lowest BCUT2D eigenvalue weighted by Crippen LogP contribution is -2.53. The van der Waals surface area contributed by atoms with E-state index in [0.717, 1.165) is 33.6 Å². The van der Waals surface area contributed by atoms with Gasteiger partial charge in [-0.2, -0.15) is 18.4 Å². The molecular weight excluding hydrogens is 525 g/mol. The first-order chi connectivity index (χ1) is 17.9. The van der Waals surface area contributed by atoms with Gasteiger partial charge in [0.2, 0.25) is 15.9 Å². The third-order valence-corrected chi connectivity index (χ3v) is 6.52. The van der Waals surface area contributed by atoms with Crippen molar-refractivity contribution < 1.29 is 36.0 Å². The molecular formula is C25H27F3N4O5S. The maximum absolute atomic E-state index is 12.8. The van der Waals surface area contributed by atoms with Crippen LogP contribution in [-0.4, -0.2) is 56.4 Å². The molecule has 1 aliphatic rings. The van der Waals surface area contributed by atoms with Crippen molar-refractivity contribution in [3.8, 4) is 17.2 Å². The largest absolute Gasteiger partial charge is 0.492 e. The standard InChI is InChI=1S/C25H27F3N4O5S/c1-38(35,36)30-16-18-5-4-6-20(13-18)19-10-8-17(9-11-19)14-21(15-29)31-23(33)22-7-2-3-12-32(22)37-24(34)25(26,27)28/h4-6,8-11,13,21-22,30H,2-3,7,12,14,16H2,1H3,(H,31,33)/t21-,22-/m0/s1. The van der Waals surface area contributed by atoms with E-state index in [2.05, 4.69) is 14.9 Å². The van der Waals surface area contributed by atoms with Gasteiger partial charge in [0.05, 0.1) is 12.3 Å². The number of hydrogen-bond acceptors (Lipinski definition) is 7.